The molecule has 0 aliphatic heterocycles. The molecule has 198 valence electrons. The molecular formula is C31H63NO. The highest BCUT2D eigenvalue weighted by atomic mass is 16.2. The van der Waals surface area contributed by atoms with Crippen molar-refractivity contribution in [1.82, 2.24) is 4.90 Å². The van der Waals surface area contributed by atoms with E-state index in [-0.39, 0.29) is 0 Å². The molecule has 0 fully saturated rings. The van der Waals surface area contributed by atoms with Crippen molar-refractivity contribution in [2.24, 2.45) is 0 Å². The van der Waals surface area contributed by atoms with Crippen LogP contribution in [0.5, 0.6) is 0 Å². The van der Waals surface area contributed by atoms with Gasteiger partial charge < -0.3 is 4.90 Å². The molecule has 0 spiro atoms. The molecule has 0 saturated carbocycles. The van der Waals surface area contributed by atoms with Gasteiger partial charge in [0.15, 0.2) is 0 Å². The second kappa shape index (κ2) is 31.2. The van der Waals surface area contributed by atoms with Gasteiger partial charge in [0.2, 0.25) is 5.91 Å². The maximum absolute atomic E-state index is 12.8. The number of hydrogen-bond donors (Lipinski definition) is 0. The van der Waals surface area contributed by atoms with Crippen molar-refractivity contribution in [3.63, 3.8) is 0 Å². The highest BCUT2D eigenvalue weighted by Crippen LogP contribution is 2.13. The first-order valence-electron chi connectivity index (χ1n) is 15.1. The maximum atomic E-state index is 12.8. The monoisotopic (exact) mass is 465 g/mol. The van der Waals surface area contributed by atoms with Crippen molar-refractivity contribution < 1.29 is 4.79 Å². The zero-order chi connectivity index (χ0) is 24.8. The third-order valence-corrected chi connectivity index (χ3v) is 6.46. The Labute approximate surface area is 210 Å². The predicted molar refractivity (Wildman–Crippen MR) is 151 cm³/mol. The molecule has 0 saturated heterocycles. The highest BCUT2D eigenvalue weighted by molar-refractivity contribution is 5.76. The molecule has 2 nitrogen and oxygen atoms in total. The van der Waals surface area contributed by atoms with Crippen LogP contribution in [0.25, 0.3) is 0 Å². The molecule has 0 radical (unpaired) electrons. The fourth-order valence-electron chi connectivity index (χ4n) is 4.31. The summed E-state index contributed by atoms with van der Waals surface area (Å²) in [6.45, 7) is 14.3. The van der Waals surface area contributed by atoms with Crippen LogP contribution < -0.4 is 0 Å². The van der Waals surface area contributed by atoms with E-state index in [2.05, 4.69) is 25.3 Å². The summed E-state index contributed by atoms with van der Waals surface area (Å²) >= 11 is 0. The van der Waals surface area contributed by atoms with Crippen molar-refractivity contribution in [3.8, 4) is 0 Å². The Bertz CT molecular complexity index is 379. The molecule has 0 aromatic carbocycles. The van der Waals surface area contributed by atoms with Gasteiger partial charge in [0.05, 0.1) is 0 Å². The van der Waals surface area contributed by atoms with Gasteiger partial charge in [0.25, 0.3) is 0 Å². The highest BCUT2D eigenvalue weighted by Gasteiger charge is 2.12. The van der Waals surface area contributed by atoms with E-state index in [0.29, 0.717) is 5.91 Å². The van der Waals surface area contributed by atoms with Crippen molar-refractivity contribution in [2.45, 2.75) is 169 Å². The second-order valence-electron chi connectivity index (χ2n) is 9.57. The molecule has 0 aromatic heterocycles. The Balaban J connectivity index is 0. The van der Waals surface area contributed by atoms with Crippen LogP contribution in [0.3, 0.4) is 0 Å². The van der Waals surface area contributed by atoms with Crippen LogP contribution in [0.1, 0.15) is 169 Å². The number of allylic oxidation sites excluding steroid dienone is 1. The molecule has 0 heterocycles. The first kappa shape index (κ1) is 34.4. The Morgan fingerprint density at radius 2 is 0.939 bits per heavy atom. The minimum Gasteiger partial charge on any atom is -0.343 e. The quantitative estimate of drug-likeness (QED) is 0.0969. The zero-order valence-corrected chi connectivity index (χ0v) is 23.6. The van der Waals surface area contributed by atoms with Crippen LogP contribution in [-0.4, -0.2) is 23.9 Å². The first-order chi connectivity index (χ1) is 16.3. The van der Waals surface area contributed by atoms with Gasteiger partial charge in [0, 0.05) is 19.5 Å². The molecule has 0 rings (SSSR count). The molecule has 0 atom stereocenters. The molecule has 0 aliphatic carbocycles. The SMILES string of the molecule is C=CCCCCCCCCN(CCCCCCCCCC)C(=O)CCCCCCCC.CC. The smallest absolute Gasteiger partial charge is 0.222 e. The summed E-state index contributed by atoms with van der Waals surface area (Å²) in [4.78, 5) is 15.0. The third kappa shape index (κ3) is 27.3. The summed E-state index contributed by atoms with van der Waals surface area (Å²) in [6.07, 6.45) is 29.9. The van der Waals surface area contributed by atoms with Gasteiger partial charge >= 0.3 is 0 Å². The van der Waals surface area contributed by atoms with Crippen LogP contribution >= 0.6 is 0 Å². The van der Waals surface area contributed by atoms with Gasteiger partial charge in [0.1, 0.15) is 0 Å². The molecule has 0 aliphatic rings. The van der Waals surface area contributed by atoms with Crippen molar-refractivity contribution in [3.05, 3.63) is 12.7 Å². The van der Waals surface area contributed by atoms with Crippen LogP contribution in [0, 0.1) is 0 Å². The van der Waals surface area contributed by atoms with Crippen LogP contribution in [0.4, 0.5) is 0 Å². The second-order valence-corrected chi connectivity index (χ2v) is 9.57. The van der Waals surface area contributed by atoms with Gasteiger partial charge in [-0.25, -0.2) is 0 Å². The topological polar surface area (TPSA) is 20.3 Å². The minimum atomic E-state index is 0.421. The molecule has 2 heteroatoms. The normalized spacial score (nSPS) is 10.5. The van der Waals surface area contributed by atoms with E-state index in [4.69, 9.17) is 0 Å². The molecule has 0 N–H and O–H groups in total. The Morgan fingerprint density at radius 3 is 1.36 bits per heavy atom. The zero-order valence-electron chi connectivity index (χ0n) is 23.6. The minimum absolute atomic E-state index is 0.421. The lowest BCUT2D eigenvalue weighted by Gasteiger charge is -2.23. The van der Waals surface area contributed by atoms with Gasteiger partial charge in [-0.3, -0.25) is 4.79 Å². The van der Waals surface area contributed by atoms with E-state index >= 15 is 0 Å². The Morgan fingerprint density at radius 1 is 0.576 bits per heavy atom. The lowest BCUT2D eigenvalue weighted by molar-refractivity contribution is -0.131. The van der Waals surface area contributed by atoms with Crippen molar-refractivity contribution >= 4 is 5.91 Å². The summed E-state index contributed by atoms with van der Waals surface area (Å²) < 4.78 is 0. The lowest BCUT2D eigenvalue weighted by atomic mass is 10.1. The van der Waals surface area contributed by atoms with Crippen LogP contribution in [-0.2, 0) is 4.79 Å². The van der Waals surface area contributed by atoms with Gasteiger partial charge in [-0.15, -0.1) is 6.58 Å². The molecular weight excluding hydrogens is 402 g/mol. The molecule has 0 bridgehead atoms. The van der Waals surface area contributed by atoms with Crippen LogP contribution in [0.15, 0.2) is 12.7 Å². The average Bonchev–Trinajstić information content (AvgIpc) is 2.84. The summed E-state index contributed by atoms with van der Waals surface area (Å²) in [6, 6.07) is 0. The van der Waals surface area contributed by atoms with Gasteiger partial charge in [-0.05, 0) is 32.1 Å². The van der Waals surface area contributed by atoms with E-state index in [1.165, 1.54) is 122 Å². The average molecular weight is 466 g/mol. The van der Waals surface area contributed by atoms with E-state index < -0.39 is 0 Å². The van der Waals surface area contributed by atoms with Crippen molar-refractivity contribution in [2.75, 3.05) is 13.1 Å². The predicted octanol–water partition coefficient (Wildman–Crippen LogP) is 10.6. The van der Waals surface area contributed by atoms with E-state index in [9.17, 15) is 4.79 Å². The number of nitrogens with zero attached hydrogens (tertiary/aromatic N) is 1. The molecule has 33 heavy (non-hydrogen) atoms. The third-order valence-electron chi connectivity index (χ3n) is 6.46. The maximum Gasteiger partial charge on any atom is 0.222 e. The summed E-state index contributed by atoms with van der Waals surface area (Å²) in [7, 11) is 0. The van der Waals surface area contributed by atoms with E-state index in [0.717, 1.165) is 32.4 Å². The molecule has 0 unspecified atom stereocenters. The van der Waals surface area contributed by atoms with Gasteiger partial charge in [-0.2, -0.15) is 0 Å². The largest absolute Gasteiger partial charge is 0.343 e. The molecule has 0 aromatic rings. The Kier molecular flexibility index (Phi) is 32.5. The van der Waals surface area contributed by atoms with E-state index in [1.807, 2.05) is 19.9 Å². The number of rotatable bonds is 25. The number of hydrogen-bond acceptors (Lipinski definition) is 1. The fourth-order valence-corrected chi connectivity index (χ4v) is 4.31. The number of carbonyl (C=O) groups is 1. The molecule has 1 amide bonds. The number of unbranched alkanes of at least 4 members (excludes halogenated alkanes) is 18. The van der Waals surface area contributed by atoms with E-state index in [1.54, 1.807) is 0 Å². The van der Waals surface area contributed by atoms with Gasteiger partial charge in [-0.1, -0.05) is 137 Å². The van der Waals surface area contributed by atoms with Crippen LogP contribution in [0.2, 0.25) is 0 Å². The standard InChI is InChI=1S/C29H57NO.C2H6/c1-4-7-10-13-16-18-21-24-27-30(28-25-22-19-17-14-11-8-5-2)29(31)26-23-20-15-12-9-6-3;1-2/h4H,1,5-28H2,2-3H3;1-2H3. The Hall–Kier alpha value is -0.790. The van der Waals surface area contributed by atoms with Crippen molar-refractivity contribution in [1.29, 1.82) is 0 Å². The number of amides is 1. The summed E-state index contributed by atoms with van der Waals surface area (Å²) in [5.74, 6) is 0.421. The first-order valence-corrected chi connectivity index (χ1v) is 15.1. The fraction of sp³-hybridized carbons (Fsp3) is 0.903. The summed E-state index contributed by atoms with van der Waals surface area (Å²) in [5.41, 5.74) is 0. The lowest BCUT2D eigenvalue weighted by Crippen LogP contribution is -2.32. The number of carbonyl (C=O) groups excluding carboxylic acids is 1. The summed E-state index contributed by atoms with van der Waals surface area (Å²) in [5, 5.41) is 0.